The first kappa shape index (κ1) is 33.9. The Hall–Kier alpha value is -7.67. The van der Waals surface area contributed by atoms with Crippen LogP contribution in [0.15, 0.2) is 212 Å². The first-order valence-electron chi connectivity index (χ1n) is 19.2. The van der Waals surface area contributed by atoms with Crippen molar-refractivity contribution in [3.8, 4) is 73.4 Å². The number of hydrogen-bond acceptors (Lipinski definition) is 3. The van der Waals surface area contributed by atoms with E-state index in [4.69, 9.17) is 9.97 Å². The van der Waals surface area contributed by atoms with Gasteiger partial charge in [0.15, 0.2) is 5.82 Å². The van der Waals surface area contributed by atoms with Gasteiger partial charge in [0.25, 0.3) is 0 Å². The van der Waals surface area contributed by atoms with Gasteiger partial charge in [-0.2, -0.15) is 5.26 Å². The highest BCUT2D eigenvalue weighted by molar-refractivity contribution is 5.90. The van der Waals surface area contributed by atoms with Crippen molar-refractivity contribution in [1.82, 2.24) is 9.97 Å². The van der Waals surface area contributed by atoms with E-state index in [0.29, 0.717) is 11.4 Å². The molecule has 0 fully saturated rings. The maximum atomic E-state index is 9.75. The quantitative estimate of drug-likeness (QED) is 0.164. The molecule has 0 saturated carbocycles. The van der Waals surface area contributed by atoms with E-state index >= 15 is 0 Å². The van der Waals surface area contributed by atoms with Crippen molar-refractivity contribution < 1.29 is 0 Å². The summed E-state index contributed by atoms with van der Waals surface area (Å²) in [5, 5.41) is 9.75. The first-order valence-corrected chi connectivity index (χ1v) is 19.2. The average molecular weight is 726 g/mol. The molecule has 10 rings (SSSR count). The molecule has 1 aromatic heterocycles. The Morgan fingerprint density at radius 1 is 0.351 bits per heavy atom. The lowest BCUT2D eigenvalue weighted by Crippen LogP contribution is -2.28. The van der Waals surface area contributed by atoms with Crippen molar-refractivity contribution in [3.05, 3.63) is 240 Å². The van der Waals surface area contributed by atoms with Crippen LogP contribution in [0.1, 0.15) is 27.8 Å². The summed E-state index contributed by atoms with van der Waals surface area (Å²) in [6.45, 7) is 0. The normalized spacial score (nSPS) is 12.3. The Morgan fingerprint density at radius 2 is 0.842 bits per heavy atom. The van der Waals surface area contributed by atoms with Crippen LogP contribution in [-0.2, 0) is 5.41 Å². The molecule has 3 nitrogen and oxygen atoms in total. The van der Waals surface area contributed by atoms with Crippen molar-refractivity contribution in [2.45, 2.75) is 5.41 Å². The van der Waals surface area contributed by atoms with Crippen molar-refractivity contribution >= 4 is 0 Å². The van der Waals surface area contributed by atoms with Gasteiger partial charge in [0.1, 0.15) is 0 Å². The predicted molar refractivity (Wildman–Crippen MR) is 231 cm³/mol. The minimum Gasteiger partial charge on any atom is -0.228 e. The highest BCUT2D eigenvalue weighted by Crippen LogP contribution is 2.57. The van der Waals surface area contributed by atoms with Gasteiger partial charge in [0.05, 0.1) is 28.4 Å². The summed E-state index contributed by atoms with van der Waals surface area (Å²) in [6, 6.07) is 76.8. The summed E-state index contributed by atoms with van der Waals surface area (Å²) in [4.78, 5) is 10.7. The van der Waals surface area contributed by atoms with Gasteiger partial charge >= 0.3 is 0 Å². The molecular formula is C54H35N3. The summed E-state index contributed by atoms with van der Waals surface area (Å²) < 4.78 is 0. The van der Waals surface area contributed by atoms with E-state index in [0.717, 1.165) is 50.3 Å². The molecule has 9 aromatic rings. The highest BCUT2D eigenvalue weighted by Gasteiger charge is 2.46. The van der Waals surface area contributed by atoms with Gasteiger partial charge in [0, 0.05) is 16.7 Å². The van der Waals surface area contributed by atoms with Gasteiger partial charge < -0.3 is 0 Å². The summed E-state index contributed by atoms with van der Waals surface area (Å²) in [6.07, 6.45) is 0. The van der Waals surface area contributed by atoms with E-state index in [1.807, 2.05) is 30.3 Å². The lowest BCUT2D eigenvalue weighted by molar-refractivity contribution is 0.769. The number of nitrogens with zero attached hydrogens (tertiary/aromatic N) is 3. The van der Waals surface area contributed by atoms with Crippen LogP contribution in [0.4, 0.5) is 0 Å². The van der Waals surface area contributed by atoms with Crippen molar-refractivity contribution in [3.63, 3.8) is 0 Å². The summed E-state index contributed by atoms with van der Waals surface area (Å²) >= 11 is 0. The fourth-order valence-corrected chi connectivity index (χ4v) is 8.62. The molecule has 1 aliphatic carbocycles. The van der Waals surface area contributed by atoms with Crippen LogP contribution >= 0.6 is 0 Å². The molecular weight excluding hydrogens is 691 g/mol. The Balaban J connectivity index is 1.23. The maximum absolute atomic E-state index is 9.75. The van der Waals surface area contributed by atoms with Crippen LogP contribution in [0.2, 0.25) is 0 Å². The molecule has 8 aromatic carbocycles. The van der Waals surface area contributed by atoms with E-state index in [1.54, 1.807) is 0 Å². The fraction of sp³-hybridized carbons (Fsp3) is 0.0185. The zero-order valence-electron chi connectivity index (χ0n) is 31.0. The molecule has 1 heterocycles. The lowest BCUT2D eigenvalue weighted by Gasteiger charge is -2.34. The topological polar surface area (TPSA) is 49.6 Å². The Bertz CT molecular complexity index is 2910. The number of fused-ring (bicyclic) bond motifs is 3. The summed E-state index contributed by atoms with van der Waals surface area (Å²) in [5.41, 5.74) is 16.2. The van der Waals surface area contributed by atoms with E-state index in [1.165, 1.54) is 33.4 Å². The van der Waals surface area contributed by atoms with E-state index in [9.17, 15) is 5.26 Å². The molecule has 0 saturated heterocycles. The molecule has 0 amide bonds. The van der Waals surface area contributed by atoms with Crippen LogP contribution in [0.25, 0.3) is 67.3 Å². The van der Waals surface area contributed by atoms with Crippen LogP contribution in [-0.4, -0.2) is 9.97 Å². The van der Waals surface area contributed by atoms with Gasteiger partial charge in [-0.25, -0.2) is 9.97 Å². The summed E-state index contributed by atoms with van der Waals surface area (Å²) in [7, 11) is 0. The van der Waals surface area contributed by atoms with E-state index in [-0.39, 0.29) is 0 Å². The molecule has 0 aliphatic heterocycles. The number of aromatic nitrogens is 2. The van der Waals surface area contributed by atoms with Gasteiger partial charge in [-0.15, -0.1) is 0 Å². The van der Waals surface area contributed by atoms with Gasteiger partial charge in [-0.05, 0) is 86.0 Å². The van der Waals surface area contributed by atoms with Crippen LogP contribution in [0.5, 0.6) is 0 Å². The predicted octanol–water partition coefficient (Wildman–Crippen LogP) is 13.0. The molecule has 266 valence electrons. The van der Waals surface area contributed by atoms with E-state index in [2.05, 4.69) is 188 Å². The lowest BCUT2D eigenvalue weighted by atomic mass is 9.67. The molecule has 3 heteroatoms. The van der Waals surface area contributed by atoms with Gasteiger partial charge in [-0.3, -0.25) is 0 Å². The van der Waals surface area contributed by atoms with Gasteiger partial charge in [0.2, 0.25) is 0 Å². The monoisotopic (exact) mass is 725 g/mol. The van der Waals surface area contributed by atoms with Gasteiger partial charge in [-0.1, -0.05) is 182 Å². The third-order valence-electron chi connectivity index (χ3n) is 11.2. The van der Waals surface area contributed by atoms with E-state index < -0.39 is 5.41 Å². The fourth-order valence-electron chi connectivity index (χ4n) is 8.62. The zero-order chi connectivity index (χ0) is 38.2. The minimum absolute atomic E-state index is 0.641. The van der Waals surface area contributed by atoms with Crippen LogP contribution in [0.3, 0.4) is 0 Å². The Kier molecular flexibility index (Phi) is 8.43. The molecule has 0 atom stereocenters. The third-order valence-corrected chi connectivity index (χ3v) is 11.2. The van der Waals surface area contributed by atoms with Crippen LogP contribution < -0.4 is 0 Å². The highest BCUT2D eigenvalue weighted by atomic mass is 14.9. The van der Waals surface area contributed by atoms with Crippen molar-refractivity contribution in [1.29, 1.82) is 5.26 Å². The standard InChI is InChI=1S/C54H35N3/c55-36-37-16-15-21-40(32-37)41-28-30-46-47-31-29-42(34-50(47)54(49(46)33-41,43-22-9-3-10-23-43)44-24-11-4-12-25-44)53-56-51(39-19-7-2-8-20-39)35-52(57-53)48-27-14-13-26-45(48)38-17-5-1-6-18-38/h1-35H. The summed E-state index contributed by atoms with van der Waals surface area (Å²) in [5.74, 6) is 0.664. The second kappa shape index (κ2) is 14.2. The zero-order valence-corrected chi connectivity index (χ0v) is 31.0. The molecule has 0 bridgehead atoms. The Morgan fingerprint density at radius 3 is 1.47 bits per heavy atom. The number of hydrogen-bond donors (Lipinski definition) is 0. The minimum atomic E-state index is -0.647. The largest absolute Gasteiger partial charge is 0.228 e. The first-order chi connectivity index (χ1) is 28.2. The molecule has 1 aliphatic rings. The molecule has 0 spiro atoms. The smallest absolute Gasteiger partial charge is 0.160 e. The molecule has 0 unspecified atom stereocenters. The molecule has 0 radical (unpaired) electrons. The van der Waals surface area contributed by atoms with Crippen LogP contribution in [0, 0.1) is 11.3 Å². The number of rotatable bonds is 7. The third kappa shape index (κ3) is 5.84. The average Bonchev–Trinajstić information content (AvgIpc) is 3.59. The second-order valence-corrected chi connectivity index (χ2v) is 14.4. The molecule has 57 heavy (non-hydrogen) atoms. The maximum Gasteiger partial charge on any atom is 0.160 e. The SMILES string of the molecule is N#Cc1cccc(-c2ccc3c(c2)C(c2ccccc2)(c2ccccc2)c2cc(-c4nc(-c5ccccc5)cc(-c5ccccc5-c5ccccc5)n4)ccc2-3)c1. The Labute approximate surface area is 332 Å². The number of nitriles is 1. The van der Waals surface area contributed by atoms with Crippen molar-refractivity contribution in [2.75, 3.05) is 0 Å². The number of benzene rings is 8. The van der Waals surface area contributed by atoms with Crippen molar-refractivity contribution in [2.24, 2.45) is 0 Å². The molecule has 0 N–H and O–H groups in total. The second-order valence-electron chi connectivity index (χ2n) is 14.4.